The molecule has 0 saturated carbocycles. The summed E-state index contributed by atoms with van der Waals surface area (Å²) in [5.74, 6) is 0.978. The quantitative estimate of drug-likeness (QED) is 0.183. The molecule has 1 aliphatic rings. The van der Waals surface area contributed by atoms with E-state index in [4.69, 9.17) is 9.97 Å². The van der Waals surface area contributed by atoms with Crippen LogP contribution in [0.25, 0.3) is 61.6 Å². The Bertz CT molecular complexity index is 2940. The second-order valence-electron chi connectivity index (χ2n) is 19.8. The van der Waals surface area contributed by atoms with Crippen molar-refractivity contribution in [1.29, 1.82) is 0 Å². The van der Waals surface area contributed by atoms with Crippen LogP contribution in [0, 0.1) is 0 Å². The number of pyridine rings is 1. The van der Waals surface area contributed by atoms with Gasteiger partial charge in [-0.1, -0.05) is 166 Å². The van der Waals surface area contributed by atoms with E-state index in [1.165, 1.54) is 33.4 Å². The summed E-state index contributed by atoms with van der Waals surface area (Å²) in [6, 6.07) is 50.0. The highest BCUT2D eigenvalue weighted by atomic mass is 16.3. The van der Waals surface area contributed by atoms with Gasteiger partial charge in [0.2, 0.25) is 0 Å². The van der Waals surface area contributed by atoms with Crippen molar-refractivity contribution >= 4 is 11.0 Å². The fourth-order valence-electron chi connectivity index (χ4n) is 9.22. The average molecular weight is 786 g/mol. The number of hydrogen-bond donors (Lipinski definition) is 1. The van der Waals surface area contributed by atoms with Crippen molar-refractivity contribution in [2.45, 2.75) is 90.9 Å². The third kappa shape index (κ3) is 6.45. The highest BCUT2D eigenvalue weighted by molar-refractivity contribution is 5.97. The Balaban J connectivity index is 1.32. The lowest BCUT2D eigenvalue weighted by Crippen LogP contribution is -2.19. The fraction of sp³-hybridized carbons (Fsp3) is 0.250. The molecule has 0 radical (unpaired) electrons. The number of benzene rings is 6. The van der Waals surface area contributed by atoms with Crippen LogP contribution in [0.4, 0.5) is 0 Å². The van der Waals surface area contributed by atoms with Gasteiger partial charge >= 0.3 is 0 Å². The Labute approximate surface area is 355 Å². The highest BCUT2D eigenvalue weighted by Crippen LogP contribution is 2.50. The van der Waals surface area contributed by atoms with Crippen molar-refractivity contribution < 1.29 is 5.11 Å². The molecule has 4 heteroatoms. The minimum Gasteiger partial charge on any atom is -0.507 e. The Morgan fingerprint density at radius 2 is 1.18 bits per heavy atom. The lowest BCUT2D eigenvalue weighted by atomic mass is 9.76. The summed E-state index contributed by atoms with van der Waals surface area (Å²) in [5, 5.41) is 12.2. The molecule has 0 amide bonds. The highest BCUT2D eigenvalue weighted by Gasteiger charge is 2.36. The van der Waals surface area contributed by atoms with Crippen molar-refractivity contribution in [3.63, 3.8) is 0 Å². The van der Waals surface area contributed by atoms with Crippen LogP contribution < -0.4 is 0 Å². The molecular weight excluding hydrogens is 731 g/mol. The molecule has 0 unspecified atom stereocenters. The van der Waals surface area contributed by atoms with Crippen molar-refractivity contribution in [3.05, 3.63) is 179 Å². The first-order valence-electron chi connectivity index (χ1n) is 21.2. The lowest BCUT2D eigenvalue weighted by Gasteiger charge is -2.27. The summed E-state index contributed by atoms with van der Waals surface area (Å²) in [5.41, 5.74) is 16.3. The van der Waals surface area contributed by atoms with Gasteiger partial charge in [0, 0.05) is 39.4 Å². The molecule has 8 aromatic rings. The zero-order valence-electron chi connectivity index (χ0n) is 36.6. The summed E-state index contributed by atoms with van der Waals surface area (Å²) in [7, 11) is 0. The number of para-hydroxylation sites is 2. The zero-order valence-corrected chi connectivity index (χ0v) is 36.6. The predicted octanol–water partition coefficient (Wildman–Crippen LogP) is 14.4. The number of rotatable bonds is 6. The number of aromatic hydroxyl groups is 1. The van der Waals surface area contributed by atoms with Gasteiger partial charge in [-0.05, 0) is 97.8 Å². The number of hydrogen-bond acceptors (Lipinski definition) is 3. The summed E-state index contributed by atoms with van der Waals surface area (Å²) >= 11 is 0. The standard InChI is InChI=1S/C56H55N3O/c1-53(2,3)38-31-44(51(60)46(32-38)54(4,5)6)52-58-50-41(25-19-27-49(50)59(52)40-22-15-12-16-23-40)35-28-36(30-39(29-35)55(7,8)37-20-13-11-14-21-37)48-33-43-42-24-17-18-26-45(42)56(9,10)47(43)34-57-48/h11-34,60H,1-10H3. The number of phenolic OH excluding ortho intramolecular Hbond substituents is 1. The predicted molar refractivity (Wildman–Crippen MR) is 250 cm³/mol. The average Bonchev–Trinajstić information content (AvgIpc) is 3.73. The van der Waals surface area contributed by atoms with E-state index in [1.807, 2.05) is 6.07 Å². The third-order valence-electron chi connectivity index (χ3n) is 12.9. The third-order valence-corrected chi connectivity index (χ3v) is 12.9. The lowest BCUT2D eigenvalue weighted by molar-refractivity contribution is 0.446. The van der Waals surface area contributed by atoms with Gasteiger partial charge in [-0.2, -0.15) is 0 Å². The molecule has 4 nitrogen and oxygen atoms in total. The van der Waals surface area contributed by atoms with E-state index < -0.39 is 0 Å². The first-order chi connectivity index (χ1) is 28.4. The normalized spacial score (nSPS) is 13.7. The summed E-state index contributed by atoms with van der Waals surface area (Å²) in [6.07, 6.45) is 2.10. The molecule has 2 aromatic heterocycles. The zero-order chi connectivity index (χ0) is 42.4. The molecule has 0 spiro atoms. The Kier molecular flexibility index (Phi) is 9.09. The van der Waals surface area contributed by atoms with Crippen LogP contribution >= 0.6 is 0 Å². The summed E-state index contributed by atoms with van der Waals surface area (Å²) in [6.45, 7) is 22.4. The molecule has 60 heavy (non-hydrogen) atoms. The molecule has 2 heterocycles. The molecule has 1 aliphatic carbocycles. The first kappa shape index (κ1) is 39.2. The molecule has 0 aliphatic heterocycles. The van der Waals surface area contributed by atoms with Gasteiger partial charge in [0.05, 0.1) is 22.3 Å². The Morgan fingerprint density at radius 1 is 0.533 bits per heavy atom. The van der Waals surface area contributed by atoms with Crippen LogP contribution in [0.1, 0.15) is 103 Å². The number of nitrogens with zero attached hydrogens (tertiary/aromatic N) is 3. The van der Waals surface area contributed by atoms with Gasteiger partial charge in [-0.25, -0.2) is 4.98 Å². The SMILES string of the molecule is CC(C)(C)c1cc(-c2nc3c(-c4cc(-c5cc6c(cn5)C(C)(C)c5ccccc5-6)cc(C(C)(C)c5ccccc5)c4)cccc3n2-c2ccccc2)c(O)c(C(C)(C)C)c1. The van der Waals surface area contributed by atoms with E-state index in [0.717, 1.165) is 55.8 Å². The van der Waals surface area contributed by atoms with Crippen LogP contribution in [0.5, 0.6) is 5.75 Å². The van der Waals surface area contributed by atoms with Gasteiger partial charge in [0.25, 0.3) is 0 Å². The molecule has 1 N–H and O–H groups in total. The van der Waals surface area contributed by atoms with Crippen molar-refractivity contribution in [2.75, 3.05) is 0 Å². The summed E-state index contributed by atoms with van der Waals surface area (Å²) < 4.78 is 2.21. The van der Waals surface area contributed by atoms with Crippen LogP contribution in [0.15, 0.2) is 146 Å². The molecule has 0 saturated heterocycles. The number of aromatic nitrogens is 3. The maximum absolute atomic E-state index is 12.2. The van der Waals surface area contributed by atoms with Gasteiger partial charge in [0.1, 0.15) is 11.6 Å². The largest absolute Gasteiger partial charge is 0.507 e. The molecule has 0 fully saturated rings. The second kappa shape index (κ2) is 13.9. The van der Waals surface area contributed by atoms with E-state index in [1.54, 1.807) is 0 Å². The molecule has 6 aromatic carbocycles. The Morgan fingerprint density at radius 3 is 1.88 bits per heavy atom. The van der Waals surface area contributed by atoms with E-state index in [9.17, 15) is 5.11 Å². The van der Waals surface area contributed by atoms with Gasteiger partial charge in [-0.15, -0.1) is 0 Å². The second-order valence-corrected chi connectivity index (χ2v) is 19.8. The molecule has 0 atom stereocenters. The van der Waals surface area contributed by atoms with Crippen LogP contribution in [0.2, 0.25) is 0 Å². The molecule has 300 valence electrons. The monoisotopic (exact) mass is 785 g/mol. The smallest absolute Gasteiger partial charge is 0.149 e. The van der Waals surface area contributed by atoms with Crippen molar-refractivity contribution in [1.82, 2.24) is 14.5 Å². The van der Waals surface area contributed by atoms with Gasteiger partial charge in [0.15, 0.2) is 0 Å². The van der Waals surface area contributed by atoms with Crippen molar-refractivity contribution in [2.24, 2.45) is 0 Å². The minimum absolute atomic E-state index is 0.126. The molecular formula is C56H55N3O. The minimum atomic E-state index is -0.317. The van der Waals surface area contributed by atoms with E-state index in [2.05, 4.69) is 213 Å². The fourth-order valence-corrected chi connectivity index (χ4v) is 9.22. The Hall–Kier alpha value is -6.26. The maximum Gasteiger partial charge on any atom is 0.149 e. The summed E-state index contributed by atoms with van der Waals surface area (Å²) in [4.78, 5) is 10.8. The first-order valence-corrected chi connectivity index (χ1v) is 21.2. The number of fused-ring (bicyclic) bond motifs is 4. The molecule has 0 bridgehead atoms. The van der Waals surface area contributed by atoms with Crippen molar-refractivity contribution in [3.8, 4) is 56.3 Å². The maximum atomic E-state index is 12.2. The van der Waals surface area contributed by atoms with Crippen LogP contribution in [0.3, 0.4) is 0 Å². The van der Waals surface area contributed by atoms with E-state index in [0.29, 0.717) is 5.82 Å². The van der Waals surface area contributed by atoms with Crippen LogP contribution in [-0.4, -0.2) is 19.6 Å². The van der Waals surface area contributed by atoms with E-state index >= 15 is 0 Å². The van der Waals surface area contributed by atoms with E-state index in [-0.39, 0.29) is 27.4 Å². The number of imidazole rings is 1. The topological polar surface area (TPSA) is 50.9 Å². The van der Waals surface area contributed by atoms with Gasteiger partial charge < -0.3 is 5.11 Å². The number of phenols is 1. The van der Waals surface area contributed by atoms with Gasteiger partial charge in [-0.3, -0.25) is 9.55 Å². The molecule has 9 rings (SSSR count). The van der Waals surface area contributed by atoms with Crippen LogP contribution in [-0.2, 0) is 21.7 Å².